The molecule has 0 saturated carbocycles. The van der Waals surface area contributed by atoms with Crippen molar-refractivity contribution in [3.05, 3.63) is 13.7 Å². The first-order chi connectivity index (χ1) is 12.4. The molecule has 6 heteroatoms. The summed E-state index contributed by atoms with van der Waals surface area (Å²) in [6, 6.07) is 0. The van der Waals surface area contributed by atoms with Crippen LogP contribution in [0.3, 0.4) is 0 Å². The Morgan fingerprint density at radius 1 is 1.00 bits per heavy atom. The molecule has 0 radical (unpaired) electrons. The van der Waals surface area contributed by atoms with E-state index in [1.165, 1.54) is 70.9 Å². The Bertz CT molecular complexity index is 587. The van der Waals surface area contributed by atoms with Crippen molar-refractivity contribution in [3.63, 3.8) is 0 Å². The summed E-state index contributed by atoms with van der Waals surface area (Å²) in [6.07, 6.45) is 7.66. The Morgan fingerprint density at radius 3 is 1.96 bits per heavy atom. The SMILES string of the molecule is CCC[CH2][Sn]([CH2]CCC)([CH2]CCC)[c]1sc(=O)sc1[C@H]1COC(C)(C)O1. The average molecular weight is 507 g/mol. The van der Waals surface area contributed by atoms with Crippen LogP contribution in [0.5, 0.6) is 0 Å². The summed E-state index contributed by atoms with van der Waals surface area (Å²) >= 11 is 0.422. The molecule has 150 valence electrons. The van der Waals surface area contributed by atoms with Gasteiger partial charge in [0.15, 0.2) is 0 Å². The monoisotopic (exact) mass is 508 g/mol. The van der Waals surface area contributed by atoms with Crippen LogP contribution in [0.1, 0.15) is 84.1 Å². The number of unbranched alkanes of at least 4 members (excludes halogenated alkanes) is 3. The van der Waals surface area contributed by atoms with Gasteiger partial charge in [0.05, 0.1) is 0 Å². The van der Waals surface area contributed by atoms with Gasteiger partial charge in [-0.2, -0.15) is 0 Å². The minimum absolute atomic E-state index is 0.0371. The molecule has 0 aliphatic carbocycles. The average Bonchev–Trinajstić information content (AvgIpc) is 3.17. The van der Waals surface area contributed by atoms with Crippen molar-refractivity contribution in [3.8, 4) is 0 Å². The van der Waals surface area contributed by atoms with Gasteiger partial charge >= 0.3 is 172 Å². The molecule has 1 aromatic rings. The molecule has 3 nitrogen and oxygen atoms in total. The topological polar surface area (TPSA) is 35.5 Å². The maximum atomic E-state index is 12.5. The summed E-state index contributed by atoms with van der Waals surface area (Å²) in [4.78, 5) is 13.7. The number of hydrogen-bond acceptors (Lipinski definition) is 5. The van der Waals surface area contributed by atoms with Crippen LogP contribution in [-0.2, 0) is 9.47 Å². The zero-order valence-electron chi connectivity index (χ0n) is 17.2. The van der Waals surface area contributed by atoms with Crippen molar-refractivity contribution in [2.75, 3.05) is 6.61 Å². The van der Waals surface area contributed by atoms with Gasteiger partial charge in [0.2, 0.25) is 0 Å². The molecule has 0 N–H and O–H groups in total. The molecule has 26 heavy (non-hydrogen) atoms. The molecule has 0 bridgehead atoms. The molecule has 0 aromatic carbocycles. The van der Waals surface area contributed by atoms with Crippen molar-refractivity contribution < 1.29 is 9.47 Å². The molecule has 2 rings (SSSR count). The second kappa shape index (κ2) is 10.4. The molecular weight excluding hydrogens is 471 g/mol. The summed E-state index contributed by atoms with van der Waals surface area (Å²) in [5.41, 5.74) is 0. The van der Waals surface area contributed by atoms with Crippen LogP contribution in [0.4, 0.5) is 0 Å². The van der Waals surface area contributed by atoms with Gasteiger partial charge < -0.3 is 0 Å². The zero-order valence-corrected chi connectivity index (χ0v) is 21.7. The van der Waals surface area contributed by atoms with Crippen LogP contribution in [0.2, 0.25) is 13.3 Å². The van der Waals surface area contributed by atoms with Gasteiger partial charge in [0.25, 0.3) is 0 Å². The summed E-state index contributed by atoms with van der Waals surface area (Å²) in [7, 11) is 0. The summed E-state index contributed by atoms with van der Waals surface area (Å²) in [5.74, 6) is -0.534. The van der Waals surface area contributed by atoms with E-state index in [9.17, 15) is 4.79 Å². The molecule has 2 heterocycles. The molecule has 1 atom stereocenters. The van der Waals surface area contributed by atoms with Gasteiger partial charge in [0.1, 0.15) is 0 Å². The van der Waals surface area contributed by atoms with Crippen LogP contribution in [0.15, 0.2) is 4.79 Å². The molecule has 1 aliphatic heterocycles. The predicted octanol–water partition coefficient (Wildman–Crippen LogP) is 6.05. The first-order valence-electron chi connectivity index (χ1n) is 10.3. The van der Waals surface area contributed by atoms with Gasteiger partial charge in [-0.25, -0.2) is 0 Å². The van der Waals surface area contributed by atoms with E-state index in [1.54, 1.807) is 11.3 Å². The Hall–Kier alpha value is 0.569. The Morgan fingerprint density at radius 2 is 1.54 bits per heavy atom. The quantitative estimate of drug-likeness (QED) is 0.342. The standard InChI is InChI=1S/C8H9O3S2.3C4H9.Sn/c1-8(2)10-3-5(11-8)6-4-12-7(9)13-6;3*1-3-4-2;/h5H,3H2,1-2H3;3*1,3-4H2,2H3;/t5-;;;;/m1..../s1. The van der Waals surface area contributed by atoms with Gasteiger partial charge in [-0.05, 0) is 0 Å². The first-order valence-corrected chi connectivity index (χ1v) is 19.4. The summed E-state index contributed by atoms with van der Waals surface area (Å²) in [5, 5.41) is 0. The van der Waals surface area contributed by atoms with E-state index in [1.807, 2.05) is 13.8 Å². The molecule has 1 saturated heterocycles. The molecule has 0 amide bonds. The van der Waals surface area contributed by atoms with Gasteiger partial charge in [-0.15, -0.1) is 0 Å². The molecular formula is C20H36O3S2Sn. The second-order valence-corrected chi connectivity index (χ2v) is 24.4. The molecule has 1 fully saturated rings. The van der Waals surface area contributed by atoms with Crippen molar-refractivity contribution in [1.82, 2.24) is 0 Å². The minimum atomic E-state index is -2.61. The van der Waals surface area contributed by atoms with Crippen molar-refractivity contribution >= 4 is 43.9 Å². The summed E-state index contributed by atoms with van der Waals surface area (Å²) in [6.45, 7) is 11.4. The van der Waals surface area contributed by atoms with E-state index in [4.69, 9.17) is 9.47 Å². The van der Waals surface area contributed by atoms with Crippen LogP contribution in [0, 0.1) is 0 Å². The molecule has 1 aromatic heterocycles. The van der Waals surface area contributed by atoms with E-state index in [0.29, 0.717) is 6.61 Å². The fourth-order valence-electron chi connectivity index (χ4n) is 3.95. The Labute approximate surface area is 171 Å². The normalized spacial score (nSPS) is 20.0. The number of ether oxygens (including phenoxy) is 2. The number of rotatable bonds is 11. The molecule has 1 aliphatic rings. The second-order valence-electron chi connectivity index (χ2n) is 8.06. The van der Waals surface area contributed by atoms with Crippen LogP contribution in [-0.4, -0.2) is 30.8 Å². The van der Waals surface area contributed by atoms with Crippen LogP contribution < -0.4 is 6.95 Å². The molecule has 0 unspecified atom stereocenters. The van der Waals surface area contributed by atoms with Gasteiger partial charge in [-0.1, -0.05) is 0 Å². The molecule has 0 spiro atoms. The Balaban J connectivity index is 2.43. The fraction of sp³-hybridized carbons (Fsp3) is 0.850. The van der Waals surface area contributed by atoms with Crippen molar-refractivity contribution in [2.45, 2.75) is 98.3 Å². The van der Waals surface area contributed by atoms with E-state index in [-0.39, 0.29) is 10.2 Å². The van der Waals surface area contributed by atoms with E-state index < -0.39 is 24.2 Å². The van der Waals surface area contributed by atoms with E-state index in [2.05, 4.69) is 20.8 Å². The third kappa shape index (κ3) is 5.79. The fourth-order valence-corrected chi connectivity index (χ4v) is 28.1. The van der Waals surface area contributed by atoms with Gasteiger partial charge in [0, 0.05) is 0 Å². The maximum absolute atomic E-state index is 12.5. The van der Waals surface area contributed by atoms with Crippen molar-refractivity contribution in [1.29, 1.82) is 0 Å². The summed E-state index contributed by atoms with van der Waals surface area (Å²) < 4.78 is 18.0. The number of hydrogen-bond donors (Lipinski definition) is 0. The van der Waals surface area contributed by atoms with Gasteiger partial charge in [-0.3, -0.25) is 0 Å². The van der Waals surface area contributed by atoms with Crippen molar-refractivity contribution in [2.24, 2.45) is 0 Å². The third-order valence-electron chi connectivity index (χ3n) is 5.41. The zero-order chi connectivity index (χ0) is 19.2. The van der Waals surface area contributed by atoms with Crippen LogP contribution in [0.25, 0.3) is 0 Å². The first kappa shape index (κ1) is 22.9. The Kier molecular flexibility index (Phi) is 9.12. The van der Waals surface area contributed by atoms with E-state index >= 15 is 0 Å². The van der Waals surface area contributed by atoms with Crippen LogP contribution >= 0.6 is 22.7 Å². The predicted molar refractivity (Wildman–Crippen MR) is 117 cm³/mol. The third-order valence-corrected chi connectivity index (χ3v) is 26.5. The van der Waals surface area contributed by atoms with E-state index in [0.717, 1.165) is 0 Å².